The van der Waals surface area contributed by atoms with Gasteiger partial charge in [0.1, 0.15) is 10.2 Å². The highest BCUT2D eigenvalue weighted by molar-refractivity contribution is 6.53. The van der Waals surface area contributed by atoms with Gasteiger partial charge >= 0.3 is 12.1 Å². The van der Waals surface area contributed by atoms with E-state index in [0.717, 1.165) is 6.07 Å². The number of rotatable bonds is 5. The van der Waals surface area contributed by atoms with Crippen LogP contribution in [-0.2, 0) is 16.1 Å². The predicted octanol–water partition coefficient (Wildman–Crippen LogP) is 5.84. The van der Waals surface area contributed by atoms with E-state index in [9.17, 15) is 27.2 Å². The van der Waals surface area contributed by atoms with Gasteiger partial charge in [-0.05, 0) is 41.5 Å². The van der Waals surface area contributed by atoms with Crippen LogP contribution in [0.5, 0.6) is 0 Å². The third-order valence-corrected chi connectivity index (χ3v) is 6.25. The van der Waals surface area contributed by atoms with E-state index < -0.39 is 46.5 Å². The third-order valence-electron chi connectivity index (χ3n) is 4.65. The summed E-state index contributed by atoms with van der Waals surface area (Å²) in [6.45, 7) is -0.504. The van der Waals surface area contributed by atoms with Crippen LogP contribution in [0.4, 0.5) is 23.2 Å². The van der Waals surface area contributed by atoms with Gasteiger partial charge in [0.15, 0.2) is 0 Å². The van der Waals surface area contributed by atoms with E-state index in [0.29, 0.717) is 5.56 Å². The highest BCUT2D eigenvalue weighted by Crippen LogP contribution is 2.65. The number of hydrogen-bond acceptors (Lipinski definition) is 2. The summed E-state index contributed by atoms with van der Waals surface area (Å²) >= 11 is 24.2. The van der Waals surface area contributed by atoms with Crippen molar-refractivity contribution in [3.8, 4) is 0 Å². The van der Waals surface area contributed by atoms with Crippen LogP contribution >= 0.6 is 46.4 Å². The molecule has 31 heavy (non-hydrogen) atoms. The van der Waals surface area contributed by atoms with E-state index in [1.807, 2.05) is 0 Å². The summed E-state index contributed by atoms with van der Waals surface area (Å²) in [6.07, 6.45) is -5.04. The van der Waals surface area contributed by atoms with Crippen LogP contribution in [0.15, 0.2) is 36.4 Å². The van der Waals surface area contributed by atoms with Crippen molar-refractivity contribution in [2.75, 3.05) is 5.32 Å². The molecular formula is C19H12Cl4F4N2O2. The van der Waals surface area contributed by atoms with E-state index in [2.05, 4.69) is 5.32 Å². The zero-order chi connectivity index (χ0) is 23.1. The first-order valence-corrected chi connectivity index (χ1v) is 10.1. The smallest absolute Gasteiger partial charge is 0.344 e. The largest absolute Gasteiger partial charge is 0.471 e. The van der Waals surface area contributed by atoms with Crippen LogP contribution in [0.2, 0.25) is 10.0 Å². The fraction of sp³-hybridized carbons (Fsp3) is 0.263. The van der Waals surface area contributed by atoms with Crippen LogP contribution in [0.3, 0.4) is 0 Å². The van der Waals surface area contributed by atoms with Gasteiger partial charge in [0.2, 0.25) is 5.91 Å². The molecule has 12 heteroatoms. The molecule has 1 aliphatic carbocycles. The molecule has 0 heterocycles. The van der Waals surface area contributed by atoms with E-state index in [1.54, 1.807) is 5.32 Å². The van der Waals surface area contributed by atoms with Gasteiger partial charge in [-0.1, -0.05) is 29.3 Å². The minimum atomic E-state index is -5.04. The topological polar surface area (TPSA) is 58.2 Å². The summed E-state index contributed by atoms with van der Waals surface area (Å²) in [5, 5.41) is 4.21. The minimum Gasteiger partial charge on any atom is -0.344 e. The van der Waals surface area contributed by atoms with E-state index in [1.165, 1.54) is 30.3 Å². The summed E-state index contributed by atoms with van der Waals surface area (Å²) in [7, 11) is 0. The molecule has 2 unspecified atom stereocenters. The maximum atomic E-state index is 13.4. The van der Waals surface area contributed by atoms with Crippen molar-refractivity contribution >= 4 is 63.9 Å². The third kappa shape index (κ3) is 5.19. The van der Waals surface area contributed by atoms with Crippen LogP contribution in [0.25, 0.3) is 0 Å². The average molecular weight is 518 g/mol. The number of nitrogens with one attached hydrogen (secondary N) is 2. The lowest BCUT2D eigenvalue weighted by atomic mass is 10.1. The second-order valence-electron chi connectivity index (χ2n) is 6.78. The molecule has 1 fully saturated rings. The number of benzene rings is 2. The standard InChI is InChI=1S/C19H12Cl4F4N2O2/c20-11-3-2-10(5-9(11)7-28-17(31)19(25,26)27)29-16(30)15-14(18(15,22)23)8-1-4-13(24)12(21)6-8/h1-6,14-15H,7H2,(H,28,31)(H,29,30). The second-order valence-corrected chi connectivity index (χ2v) is 9.04. The molecule has 0 aromatic heterocycles. The van der Waals surface area contributed by atoms with E-state index in [-0.39, 0.29) is 21.3 Å². The molecule has 0 aliphatic heterocycles. The Hall–Kier alpha value is -1.74. The quantitative estimate of drug-likeness (QED) is 0.387. The maximum Gasteiger partial charge on any atom is 0.471 e. The molecule has 0 radical (unpaired) electrons. The number of halogens is 8. The Bertz CT molecular complexity index is 1050. The first-order valence-electron chi connectivity index (χ1n) is 8.59. The summed E-state index contributed by atoms with van der Waals surface area (Å²) in [6, 6.07) is 7.97. The minimum absolute atomic E-state index is 0.0924. The number of anilines is 1. The Morgan fingerprint density at radius 1 is 1.03 bits per heavy atom. The normalized spacial score (nSPS) is 19.6. The molecule has 0 bridgehead atoms. The molecule has 1 aliphatic rings. The molecule has 3 rings (SSSR count). The molecule has 1 saturated carbocycles. The van der Waals surface area contributed by atoms with Crippen LogP contribution in [0, 0.1) is 11.7 Å². The fourth-order valence-electron chi connectivity index (χ4n) is 3.06. The summed E-state index contributed by atoms with van der Waals surface area (Å²) < 4.78 is 49.0. The lowest BCUT2D eigenvalue weighted by Gasteiger charge is -2.11. The Morgan fingerprint density at radius 2 is 1.71 bits per heavy atom. The van der Waals surface area contributed by atoms with Gasteiger partial charge < -0.3 is 10.6 Å². The van der Waals surface area contributed by atoms with Gasteiger partial charge in [0.05, 0.1) is 10.9 Å². The lowest BCUT2D eigenvalue weighted by Crippen LogP contribution is -2.36. The molecule has 2 atom stereocenters. The number of carbonyl (C=O) groups excluding carboxylic acids is 2. The monoisotopic (exact) mass is 516 g/mol. The highest BCUT2D eigenvalue weighted by atomic mass is 35.5. The van der Waals surface area contributed by atoms with Gasteiger partial charge in [0, 0.05) is 23.2 Å². The Labute approximate surface area is 193 Å². The van der Waals surface area contributed by atoms with Gasteiger partial charge in [-0.2, -0.15) is 13.2 Å². The Morgan fingerprint density at radius 3 is 2.32 bits per heavy atom. The van der Waals surface area contributed by atoms with Crippen molar-refractivity contribution in [2.24, 2.45) is 5.92 Å². The van der Waals surface area contributed by atoms with Crippen molar-refractivity contribution in [3.05, 3.63) is 63.4 Å². The fourth-order valence-corrected chi connectivity index (χ4v) is 4.26. The first kappa shape index (κ1) is 23.9. The van der Waals surface area contributed by atoms with E-state index >= 15 is 0 Å². The number of amides is 2. The Balaban J connectivity index is 1.71. The SMILES string of the molecule is O=C(Nc1ccc(Cl)c(CNC(=O)C(F)(F)F)c1)C1C(c2ccc(F)c(Cl)c2)C1(Cl)Cl. The van der Waals surface area contributed by atoms with Gasteiger partial charge in [-0.25, -0.2) is 4.39 Å². The van der Waals surface area contributed by atoms with Gasteiger partial charge in [-0.15, -0.1) is 23.2 Å². The number of hydrogen-bond donors (Lipinski definition) is 2. The van der Waals surface area contributed by atoms with Gasteiger partial charge in [0.25, 0.3) is 0 Å². The van der Waals surface area contributed by atoms with Crippen LogP contribution in [0.1, 0.15) is 17.0 Å². The lowest BCUT2D eigenvalue weighted by molar-refractivity contribution is -0.173. The van der Waals surface area contributed by atoms with Crippen molar-refractivity contribution in [3.63, 3.8) is 0 Å². The Kier molecular flexibility index (Phi) is 6.68. The van der Waals surface area contributed by atoms with Crippen molar-refractivity contribution in [2.45, 2.75) is 23.0 Å². The molecule has 4 nitrogen and oxygen atoms in total. The number of carbonyl (C=O) groups is 2. The van der Waals surface area contributed by atoms with Crippen LogP contribution in [-0.4, -0.2) is 22.3 Å². The molecule has 2 aromatic carbocycles. The summed E-state index contributed by atoms with van der Waals surface area (Å²) in [5.74, 6) is -4.85. The zero-order valence-electron chi connectivity index (χ0n) is 15.2. The first-order chi connectivity index (χ1) is 14.3. The van der Waals surface area contributed by atoms with Crippen molar-refractivity contribution in [1.29, 1.82) is 0 Å². The predicted molar refractivity (Wildman–Crippen MR) is 110 cm³/mol. The second kappa shape index (κ2) is 8.65. The molecule has 0 saturated heterocycles. The molecule has 2 amide bonds. The van der Waals surface area contributed by atoms with Gasteiger partial charge in [-0.3, -0.25) is 9.59 Å². The molecule has 166 valence electrons. The molecule has 2 N–H and O–H groups in total. The highest BCUT2D eigenvalue weighted by Gasteiger charge is 2.67. The molecular weight excluding hydrogens is 506 g/mol. The molecule has 2 aromatic rings. The average Bonchev–Trinajstić information content (AvgIpc) is 3.25. The van der Waals surface area contributed by atoms with Crippen LogP contribution < -0.4 is 10.6 Å². The van der Waals surface area contributed by atoms with Crippen molar-refractivity contribution < 1.29 is 27.2 Å². The maximum absolute atomic E-state index is 13.4. The zero-order valence-corrected chi connectivity index (χ0v) is 18.2. The van der Waals surface area contributed by atoms with Crippen molar-refractivity contribution in [1.82, 2.24) is 5.32 Å². The molecule has 0 spiro atoms. The summed E-state index contributed by atoms with van der Waals surface area (Å²) in [4.78, 5) is 23.7. The summed E-state index contributed by atoms with van der Waals surface area (Å²) in [5.41, 5.74) is 0.832. The van der Waals surface area contributed by atoms with E-state index in [4.69, 9.17) is 46.4 Å². The number of alkyl halides is 5.